The average molecular weight is 481 g/mol. The third-order valence-corrected chi connectivity index (χ3v) is 5.09. The summed E-state index contributed by atoms with van der Waals surface area (Å²) in [5.41, 5.74) is 8.51. The van der Waals surface area contributed by atoms with Crippen LogP contribution in [-0.2, 0) is 6.54 Å². The first-order valence-electron chi connectivity index (χ1n) is 11.6. The molecule has 0 aliphatic carbocycles. The highest BCUT2D eigenvalue weighted by atomic mass is 16.5. The molecule has 9 nitrogen and oxygen atoms in total. The topological polar surface area (TPSA) is 104 Å². The van der Waals surface area contributed by atoms with Gasteiger partial charge in [-0.2, -0.15) is 5.10 Å². The van der Waals surface area contributed by atoms with Crippen molar-refractivity contribution < 1.29 is 23.8 Å². The van der Waals surface area contributed by atoms with Gasteiger partial charge in [0.1, 0.15) is 0 Å². The Morgan fingerprint density at radius 2 is 1.43 bits per heavy atom. The molecule has 1 heterocycles. The molecular weight excluding hydrogens is 448 g/mol. The summed E-state index contributed by atoms with van der Waals surface area (Å²) in [5, 5.41) is 4.46. The molecule has 0 saturated heterocycles. The fraction of sp³-hybridized carbons (Fsp3) is 0.346. The molecule has 1 aromatic heterocycles. The second kappa shape index (κ2) is 11.9. The van der Waals surface area contributed by atoms with Crippen LogP contribution in [0.4, 0.5) is 0 Å². The number of benzene rings is 2. The zero-order valence-electron chi connectivity index (χ0n) is 20.8. The Morgan fingerprint density at radius 1 is 0.829 bits per heavy atom. The van der Waals surface area contributed by atoms with Crippen molar-refractivity contribution in [1.82, 2.24) is 20.6 Å². The maximum Gasteiger partial charge on any atom is 0.269 e. The number of hydrazine groups is 1. The van der Waals surface area contributed by atoms with Crippen molar-refractivity contribution in [1.29, 1.82) is 0 Å². The van der Waals surface area contributed by atoms with Crippen LogP contribution in [0.1, 0.15) is 58.4 Å². The van der Waals surface area contributed by atoms with E-state index in [-0.39, 0.29) is 5.56 Å². The Kier molecular flexibility index (Phi) is 8.72. The van der Waals surface area contributed by atoms with Gasteiger partial charge >= 0.3 is 0 Å². The number of ether oxygens (including phenoxy) is 3. The number of rotatable bonds is 10. The summed E-state index contributed by atoms with van der Waals surface area (Å²) >= 11 is 0. The van der Waals surface area contributed by atoms with Crippen LogP contribution in [0.3, 0.4) is 0 Å². The predicted octanol–water partition coefficient (Wildman–Crippen LogP) is 3.82. The van der Waals surface area contributed by atoms with Gasteiger partial charge in [-0.1, -0.05) is 12.1 Å². The maximum absolute atomic E-state index is 12.8. The van der Waals surface area contributed by atoms with Crippen LogP contribution in [0.15, 0.2) is 42.5 Å². The first kappa shape index (κ1) is 25.6. The Labute approximate surface area is 205 Å². The highest BCUT2D eigenvalue weighted by molar-refractivity contribution is 5.99. The molecule has 186 valence electrons. The first-order chi connectivity index (χ1) is 16.9. The lowest BCUT2D eigenvalue weighted by Crippen LogP contribution is -2.41. The number of hydrogen-bond acceptors (Lipinski definition) is 6. The minimum absolute atomic E-state index is 0.263. The molecule has 9 heteroatoms. The Bertz CT molecular complexity index is 1160. The fourth-order valence-corrected chi connectivity index (χ4v) is 3.60. The lowest BCUT2D eigenvalue weighted by molar-refractivity contribution is 0.0846. The van der Waals surface area contributed by atoms with E-state index < -0.39 is 11.8 Å². The van der Waals surface area contributed by atoms with Crippen molar-refractivity contribution in [2.75, 3.05) is 19.8 Å². The van der Waals surface area contributed by atoms with Crippen molar-refractivity contribution in [3.8, 4) is 17.2 Å². The normalized spacial score (nSPS) is 10.5. The Morgan fingerprint density at radius 3 is 1.97 bits per heavy atom. The summed E-state index contributed by atoms with van der Waals surface area (Å²) in [7, 11) is 0. The molecule has 0 saturated carbocycles. The number of hydrogen-bond donors (Lipinski definition) is 2. The van der Waals surface area contributed by atoms with Crippen molar-refractivity contribution in [3.63, 3.8) is 0 Å². The lowest BCUT2D eigenvalue weighted by atomic mass is 10.1. The van der Waals surface area contributed by atoms with E-state index in [1.807, 2.05) is 51.4 Å². The van der Waals surface area contributed by atoms with Crippen LogP contribution in [-0.4, -0.2) is 41.4 Å². The molecule has 0 atom stereocenters. The zero-order chi connectivity index (χ0) is 25.4. The van der Waals surface area contributed by atoms with Gasteiger partial charge < -0.3 is 14.2 Å². The molecule has 0 aliphatic heterocycles. The van der Waals surface area contributed by atoms with Crippen LogP contribution in [0.25, 0.3) is 0 Å². The molecule has 0 aliphatic rings. The quantitative estimate of drug-likeness (QED) is 0.428. The first-order valence-corrected chi connectivity index (χ1v) is 11.6. The molecule has 2 N–H and O–H groups in total. The van der Waals surface area contributed by atoms with Gasteiger partial charge in [0.05, 0.1) is 32.1 Å². The van der Waals surface area contributed by atoms with E-state index >= 15 is 0 Å². The molecule has 0 radical (unpaired) electrons. The van der Waals surface area contributed by atoms with Crippen molar-refractivity contribution in [3.05, 3.63) is 70.5 Å². The second-order valence-electron chi connectivity index (χ2n) is 7.79. The third-order valence-electron chi connectivity index (χ3n) is 5.09. The summed E-state index contributed by atoms with van der Waals surface area (Å²) in [6.45, 7) is 11.2. The van der Waals surface area contributed by atoms with E-state index in [9.17, 15) is 9.59 Å². The summed E-state index contributed by atoms with van der Waals surface area (Å²) in [4.78, 5) is 25.5. The SMILES string of the molecule is CCOc1cc(C(=O)NNC(=O)c2cccc(Cn3nc(C)cc3C)c2)cc(OCC)c1OCC. The molecule has 2 amide bonds. The van der Waals surface area contributed by atoms with Gasteiger partial charge in [-0.05, 0) is 70.5 Å². The Balaban J connectivity index is 1.72. The van der Waals surface area contributed by atoms with Crippen molar-refractivity contribution in [2.24, 2.45) is 0 Å². The van der Waals surface area contributed by atoms with Crippen LogP contribution >= 0.6 is 0 Å². The maximum atomic E-state index is 12.8. The lowest BCUT2D eigenvalue weighted by Gasteiger charge is -2.17. The summed E-state index contributed by atoms with van der Waals surface area (Å²) in [6, 6.07) is 12.3. The van der Waals surface area contributed by atoms with Gasteiger partial charge in [0.25, 0.3) is 11.8 Å². The second-order valence-corrected chi connectivity index (χ2v) is 7.79. The number of nitrogens with zero attached hydrogens (tertiary/aromatic N) is 2. The molecule has 0 spiro atoms. The van der Waals surface area contributed by atoms with Crippen LogP contribution in [0, 0.1) is 13.8 Å². The zero-order valence-corrected chi connectivity index (χ0v) is 20.8. The Hall–Kier alpha value is -4.01. The standard InChI is InChI=1S/C26H32N4O5/c1-6-33-22-14-21(15-23(34-7-2)24(22)35-8-3)26(32)28-27-25(31)20-11-9-10-19(13-20)16-30-18(5)12-17(4)29-30/h9-15H,6-8,16H2,1-5H3,(H,27,31)(H,28,32). The predicted molar refractivity (Wildman–Crippen MR) is 132 cm³/mol. The van der Waals surface area contributed by atoms with Gasteiger partial charge in [0.2, 0.25) is 5.75 Å². The monoisotopic (exact) mass is 480 g/mol. The molecule has 0 bridgehead atoms. The number of carbonyl (C=O) groups is 2. The fourth-order valence-electron chi connectivity index (χ4n) is 3.60. The molecule has 0 unspecified atom stereocenters. The van der Waals surface area contributed by atoms with E-state index in [0.29, 0.717) is 49.2 Å². The molecular formula is C26H32N4O5. The van der Waals surface area contributed by atoms with E-state index in [4.69, 9.17) is 14.2 Å². The van der Waals surface area contributed by atoms with E-state index in [2.05, 4.69) is 16.0 Å². The smallest absolute Gasteiger partial charge is 0.269 e. The number of amides is 2. The van der Waals surface area contributed by atoms with Crippen LogP contribution in [0.2, 0.25) is 0 Å². The van der Waals surface area contributed by atoms with Gasteiger partial charge in [0.15, 0.2) is 11.5 Å². The molecule has 0 fully saturated rings. The average Bonchev–Trinajstić information content (AvgIpc) is 3.15. The highest BCUT2D eigenvalue weighted by Gasteiger charge is 2.19. The summed E-state index contributed by atoms with van der Waals surface area (Å²) in [6.07, 6.45) is 0. The van der Waals surface area contributed by atoms with Crippen LogP contribution < -0.4 is 25.1 Å². The van der Waals surface area contributed by atoms with Gasteiger partial charge in [-0.25, -0.2) is 0 Å². The van der Waals surface area contributed by atoms with E-state index in [1.165, 1.54) is 0 Å². The number of aromatic nitrogens is 2. The van der Waals surface area contributed by atoms with Crippen molar-refractivity contribution in [2.45, 2.75) is 41.2 Å². The summed E-state index contributed by atoms with van der Waals surface area (Å²) < 4.78 is 18.9. The highest BCUT2D eigenvalue weighted by Crippen LogP contribution is 2.39. The molecule has 3 aromatic rings. The molecule has 2 aromatic carbocycles. The van der Waals surface area contributed by atoms with E-state index in [1.54, 1.807) is 30.3 Å². The van der Waals surface area contributed by atoms with Gasteiger partial charge in [-0.15, -0.1) is 0 Å². The minimum Gasteiger partial charge on any atom is -0.490 e. The van der Waals surface area contributed by atoms with Gasteiger partial charge in [0, 0.05) is 16.8 Å². The van der Waals surface area contributed by atoms with E-state index in [0.717, 1.165) is 17.0 Å². The minimum atomic E-state index is -0.512. The van der Waals surface area contributed by atoms with Crippen LogP contribution in [0.5, 0.6) is 17.2 Å². The largest absolute Gasteiger partial charge is 0.490 e. The van der Waals surface area contributed by atoms with Gasteiger partial charge in [-0.3, -0.25) is 25.1 Å². The molecule has 35 heavy (non-hydrogen) atoms. The number of carbonyl (C=O) groups excluding carboxylic acids is 2. The third kappa shape index (κ3) is 6.53. The van der Waals surface area contributed by atoms with Crippen molar-refractivity contribution >= 4 is 11.8 Å². The number of nitrogens with one attached hydrogen (secondary N) is 2. The summed E-state index contributed by atoms with van der Waals surface area (Å²) in [5.74, 6) is 0.287. The molecule has 3 rings (SSSR count). The number of aryl methyl sites for hydroxylation is 2.